The third-order valence-electron chi connectivity index (χ3n) is 2.42. The van der Waals surface area contributed by atoms with Crippen LogP contribution in [-0.4, -0.2) is 19.6 Å². The fraction of sp³-hybridized carbons (Fsp3) is 0.400. The van der Waals surface area contributed by atoms with Gasteiger partial charge in [0.05, 0.1) is 17.6 Å². The lowest BCUT2D eigenvalue weighted by atomic mass is 10.3. The van der Waals surface area contributed by atoms with E-state index in [0.717, 1.165) is 11.4 Å². The van der Waals surface area contributed by atoms with Crippen LogP contribution in [-0.2, 0) is 20.6 Å². The SMILES string of the molecule is Cc1nn(C)cc1NCc1cnn(C)c1F. The Labute approximate surface area is 92.9 Å². The summed E-state index contributed by atoms with van der Waals surface area (Å²) in [5, 5.41) is 11.2. The molecule has 0 fully saturated rings. The Morgan fingerprint density at radius 3 is 2.69 bits per heavy atom. The minimum Gasteiger partial charge on any atom is -0.378 e. The van der Waals surface area contributed by atoms with Crippen molar-refractivity contribution in [3.63, 3.8) is 0 Å². The molecule has 0 aliphatic rings. The molecule has 0 spiro atoms. The van der Waals surface area contributed by atoms with Gasteiger partial charge in [-0.15, -0.1) is 0 Å². The van der Waals surface area contributed by atoms with E-state index in [0.29, 0.717) is 12.1 Å². The van der Waals surface area contributed by atoms with E-state index in [4.69, 9.17) is 0 Å². The van der Waals surface area contributed by atoms with E-state index in [1.54, 1.807) is 11.7 Å². The molecule has 2 rings (SSSR count). The molecule has 0 saturated carbocycles. The first kappa shape index (κ1) is 10.7. The monoisotopic (exact) mass is 223 g/mol. The highest BCUT2D eigenvalue weighted by Gasteiger charge is 2.08. The maximum atomic E-state index is 13.4. The van der Waals surface area contributed by atoms with Crippen LogP contribution in [0.25, 0.3) is 0 Å². The predicted octanol–water partition coefficient (Wildman–Crippen LogP) is 1.21. The van der Waals surface area contributed by atoms with Crippen LogP contribution in [0, 0.1) is 12.9 Å². The molecule has 0 atom stereocenters. The number of anilines is 1. The zero-order valence-corrected chi connectivity index (χ0v) is 9.53. The first-order valence-electron chi connectivity index (χ1n) is 4.98. The van der Waals surface area contributed by atoms with Crippen LogP contribution in [0.4, 0.5) is 10.1 Å². The number of aryl methyl sites for hydroxylation is 3. The van der Waals surface area contributed by atoms with Gasteiger partial charge in [-0.1, -0.05) is 0 Å². The van der Waals surface area contributed by atoms with Gasteiger partial charge in [0, 0.05) is 32.4 Å². The van der Waals surface area contributed by atoms with Crippen molar-refractivity contribution >= 4 is 5.69 Å². The van der Waals surface area contributed by atoms with Crippen LogP contribution < -0.4 is 5.32 Å². The molecular weight excluding hydrogens is 209 g/mol. The maximum Gasteiger partial charge on any atom is 0.216 e. The molecule has 0 unspecified atom stereocenters. The summed E-state index contributed by atoms with van der Waals surface area (Å²) < 4.78 is 16.3. The molecule has 86 valence electrons. The lowest BCUT2D eigenvalue weighted by Gasteiger charge is -2.02. The Hall–Kier alpha value is -1.85. The third kappa shape index (κ3) is 1.91. The Balaban J connectivity index is 2.08. The van der Waals surface area contributed by atoms with Crippen LogP contribution in [0.2, 0.25) is 0 Å². The molecule has 0 saturated heterocycles. The summed E-state index contributed by atoms with van der Waals surface area (Å²) in [4.78, 5) is 0. The minimum absolute atomic E-state index is 0.311. The minimum atomic E-state index is -0.311. The van der Waals surface area contributed by atoms with Crippen molar-refractivity contribution in [2.75, 3.05) is 5.32 Å². The van der Waals surface area contributed by atoms with E-state index in [1.165, 1.54) is 10.9 Å². The molecule has 0 aliphatic heterocycles. The molecule has 0 amide bonds. The molecule has 1 N–H and O–H groups in total. The van der Waals surface area contributed by atoms with Crippen LogP contribution >= 0.6 is 0 Å². The second-order valence-electron chi connectivity index (χ2n) is 3.74. The summed E-state index contributed by atoms with van der Waals surface area (Å²) >= 11 is 0. The normalized spacial score (nSPS) is 10.8. The predicted molar refractivity (Wildman–Crippen MR) is 58.4 cm³/mol. The molecule has 0 bridgehead atoms. The van der Waals surface area contributed by atoms with Gasteiger partial charge in [-0.3, -0.25) is 4.68 Å². The Morgan fingerprint density at radius 2 is 2.19 bits per heavy atom. The van der Waals surface area contributed by atoms with Gasteiger partial charge in [0.1, 0.15) is 0 Å². The highest BCUT2D eigenvalue weighted by atomic mass is 19.1. The molecule has 2 aromatic heterocycles. The van der Waals surface area contributed by atoms with Crippen LogP contribution in [0.15, 0.2) is 12.4 Å². The second-order valence-corrected chi connectivity index (χ2v) is 3.74. The maximum absolute atomic E-state index is 13.4. The Morgan fingerprint density at radius 1 is 1.44 bits per heavy atom. The highest BCUT2D eigenvalue weighted by Crippen LogP contribution is 2.14. The van der Waals surface area contributed by atoms with E-state index >= 15 is 0 Å². The number of aromatic nitrogens is 4. The number of nitrogens with one attached hydrogen (secondary N) is 1. The molecule has 16 heavy (non-hydrogen) atoms. The van der Waals surface area contributed by atoms with Gasteiger partial charge in [-0.25, -0.2) is 4.68 Å². The van der Waals surface area contributed by atoms with Gasteiger partial charge in [0.2, 0.25) is 5.95 Å². The quantitative estimate of drug-likeness (QED) is 0.851. The number of hydrogen-bond donors (Lipinski definition) is 1. The molecule has 0 aliphatic carbocycles. The lowest BCUT2D eigenvalue weighted by molar-refractivity contribution is 0.496. The highest BCUT2D eigenvalue weighted by molar-refractivity contribution is 5.45. The number of hydrogen-bond acceptors (Lipinski definition) is 3. The van der Waals surface area contributed by atoms with Crippen molar-refractivity contribution in [1.82, 2.24) is 19.6 Å². The fourth-order valence-electron chi connectivity index (χ4n) is 1.55. The van der Waals surface area contributed by atoms with Crippen molar-refractivity contribution in [2.45, 2.75) is 13.5 Å². The average molecular weight is 223 g/mol. The van der Waals surface area contributed by atoms with E-state index in [9.17, 15) is 4.39 Å². The third-order valence-corrected chi connectivity index (χ3v) is 2.42. The van der Waals surface area contributed by atoms with E-state index < -0.39 is 0 Å². The molecular formula is C10H14FN5. The molecule has 5 nitrogen and oxygen atoms in total. The van der Waals surface area contributed by atoms with Crippen molar-refractivity contribution in [1.29, 1.82) is 0 Å². The zero-order chi connectivity index (χ0) is 11.7. The Kier molecular flexibility index (Phi) is 2.64. The largest absolute Gasteiger partial charge is 0.378 e. The summed E-state index contributed by atoms with van der Waals surface area (Å²) in [6, 6.07) is 0. The average Bonchev–Trinajstić information content (AvgIpc) is 2.70. The van der Waals surface area contributed by atoms with Gasteiger partial charge in [-0.05, 0) is 6.92 Å². The first-order chi connectivity index (χ1) is 7.58. The smallest absolute Gasteiger partial charge is 0.216 e. The van der Waals surface area contributed by atoms with E-state index in [-0.39, 0.29) is 5.95 Å². The molecule has 0 aromatic carbocycles. The zero-order valence-electron chi connectivity index (χ0n) is 9.53. The topological polar surface area (TPSA) is 47.7 Å². The van der Waals surface area contributed by atoms with Gasteiger partial charge < -0.3 is 5.32 Å². The van der Waals surface area contributed by atoms with Gasteiger partial charge in [0.15, 0.2) is 0 Å². The number of nitrogens with zero attached hydrogens (tertiary/aromatic N) is 4. The lowest BCUT2D eigenvalue weighted by Crippen LogP contribution is -2.02. The van der Waals surface area contributed by atoms with Crippen LogP contribution in [0.5, 0.6) is 0 Å². The van der Waals surface area contributed by atoms with Gasteiger partial charge in [0.25, 0.3) is 0 Å². The van der Waals surface area contributed by atoms with E-state index in [2.05, 4.69) is 15.5 Å². The van der Waals surface area contributed by atoms with Crippen LogP contribution in [0.3, 0.4) is 0 Å². The summed E-state index contributed by atoms with van der Waals surface area (Å²) in [6.07, 6.45) is 3.39. The second kappa shape index (κ2) is 3.96. The van der Waals surface area contributed by atoms with Crippen molar-refractivity contribution in [3.8, 4) is 0 Å². The summed E-state index contributed by atoms with van der Waals surface area (Å²) in [7, 11) is 3.43. The molecule has 6 heteroatoms. The molecule has 0 radical (unpaired) electrons. The fourth-order valence-corrected chi connectivity index (χ4v) is 1.55. The standard InChI is InChI=1S/C10H14FN5/c1-7-9(6-15(2)14-7)12-4-8-5-13-16(3)10(8)11/h5-6,12H,4H2,1-3H3. The van der Waals surface area contributed by atoms with Gasteiger partial charge in [-0.2, -0.15) is 14.6 Å². The number of halogens is 1. The number of rotatable bonds is 3. The van der Waals surface area contributed by atoms with E-state index in [1.807, 2.05) is 20.2 Å². The summed E-state index contributed by atoms with van der Waals surface area (Å²) in [5.74, 6) is -0.311. The van der Waals surface area contributed by atoms with Crippen molar-refractivity contribution in [3.05, 3.63) is 29.6 Å². The summed E-state index contributed by atoms with van der Waals surface area (Å²) in [5.41, 5.74) is 2.35. The van der Waals surface area contributed by atoms with Crippen LogP contribution in [0.1, 0.15) is 11.3 Å². The molecule has 2 aromatic rings. The Bertz CT molecular complexity index is 497. The van der Waals surface area contributed by atoms with Crippen molar-refractivity contribution in [2.24, 2.45) is 14.1 Å². The summed E-state index contributed by atoms with van der Waals surface area (Å²) in [6.45, 7) is 2.31. The first-order valence-corrected chi connectivity index (χ1v) is 4.98. The molecule has 2 heterocycles. The van der Waals surface area contributed by atoms with Crippen molar-refractivity contribution < 1.29 is 4.39 Å². The van der Waals surface area contributed by atoms with Gasteiger partial charge >= 0.3 is 0 Å².